The Bertz CT molecular complexity index is 555. The lowest BCUT2D eigenvalue weighted by Crippen LogP contribution is -2.18. The summed E-state index contributed by atoms with van der Waals surface area (Å²) >= 11 is 0. The summed E-state index contributed by atoms with van der Waals surface area (Å²) in [6, 6.07) is 3.27. The summed E-state index contributed by atoms with van der Waals surface area (Å²) in [5.74, 6) is 0.382. The number of hydrogen-bond donors (Lipinski definition) is 2. The molecular weight excluding hydrogens is 258 g/mol. The lowest BCUT2D eigenvalue weighted by molar-refractivity contribution is -0.384. The second kappa shape index (κ2) is 5.48. The predicted molar refractivity (Wildman–Crippen MR) is 78.0 cm³/mol. The number of carbonyl (C=O) groups excluding carboxylic acids is 1. The molecule has 6 nitrogen and oxygen atoms in total. The number of carbonyl (C=O) groups is 1. The fraction of sp³-hybridized carbons (Fsp3) is 0.500. The SMILES string of the molecule is CC(C)CC(C)Nc1cc2c(cc1[N+](=O)[O-])CC(=O)N2. The number of nitrogens with one attached hydrogen (secondary N) is 2. The summed E-state index contributed by atoms with van der Waals surface area (Å²) < 4.78 is 0. The highest BCUT2D eigenvalue weighted by atomic mass is 16.6. The largest absolute Gasteiger partial charge is 0.377 e. The molecule has 1 unspecified atom stereocenters. The zero-order valence-corrected chi connectivity index (χ0v) is 11.9. The molecule has 1 atom stereocenters. The second-order valence-corrected chi connectivity index (χ2v) is 5.68. The molecule has 1 heterocycles. The number of nitro benzene ring substituents is 1. The van der Waals surface area contributed by atoms with Crippen molar-refractivity contribution in [3.05, 3.63) is 27.8 Å². The Balaban J connectivity index is 2.29. The average Bonchev–Trinajstić information content (AvgIpc) is 2.65. The van der Waals surface area contributed by atoms with Gasteiger partial charge in [-0.25, -0.2) is 0 Å². The molecule has 0 bridgehead atoms. The third kappa shape index (κ3) is 3.07. The number of nitro groups is 1. The van der Waals surface area contributed by atoms with Crippen LogP contribution in [0.5, 0.6) is 0 Å². The number of anilines is 2. The molecule has 1 aromatic rings. The number of amides is 1. The van der Waals surface area contributed by atoms with Gasteiger partial charge in [0.1, 0.15) is 5.69 Å². The summed E-state index contributed by atoms with van der Waals surface area (Å²) in [4.78, 5) is 22.1. The second-order valence-electron chi connectivity index (χ2n) is 5.68. The maximum Gasteiger partial charge on any atom is 0.292 e. The van der Waals surface area contributed by atoms with E-state index in [1.54, 1.807) is 6.07 Å². The summed E-state index contributed by atoms with van der Waals surface area (Å²) in [7, 11) is 0. The molecule has 6 heteroatoms. The maximum absolute atomic E-state index is 11.4. The fourth-order valence-corrected chi connectivity index (χ4v) is 2.56. The molecule has 0 aliphatic carbocycles. The molecule has 108 valence electrons. The molecule has 2 N–H and O–H groups in total. The first-order valence-corrected chi connectivity index (χ1v) is 6.74. The van der Waals surface area contributed by atoms with Crippen LogP contribution in [0.25, 0.3) is 0 Å². The Morgan fingerprint density at radius 2 is 2.10 bits per heavy atom. The van der Waals surface area contributed by atoms with E-state index in [4.69, 9.17) is 0 Å². The molecular formula is C14H19N3O3. The van der Waals surface area contributed by atoms with Crippen molar-refractivity contribution < 1.29 is 9.72 Å². The molecule has 1 aliphatic rings. The average molecular weight is 277 g/mol. The van der Waals surface area contributed by atoms with Gasteiger partial charge in [0.05, 0.1) is 11.3 Å². The number of nitrogens with zero attached hydrogens (tertiary/aromatic N) is 1. The normalized spacial score (nSPS) is 14.9. The topological polar surface area (TPSA) is 84.3 Å². The summed E-state index contributed by atoms with van der Waals surface area (Å²) in [6.07, 6.45) is 1.12. The van der Waals surface area contributed by atoms with E-state index in [0.29, 0.717) is 22.9 Å². The van der Waals surface area contributed by atoms with E-state index in [-0.39, 0.29) is 24.1 Å². The van der Waals surface area contributed by atoms with Crippen LogP contribution in [0.3, 0.4) is 0 Å². The van der Waals surface area contributed by atoms with Gasteiger partial charge in [0.15, 0.2) is 0 Å². The summed E-state index contributed by atoms with van der Waals surface area (Å²) in [5.41, 5.74) is 1.84. The zero-order valence-electron chi connectivity index (χ0n) is 11.9. The standard InChI is InChI=1S/C14H19N3O3/c1-8(2)4-9(3)15-12-7-11-10(6-14(18)16-11)5-13(12)17(19)20/h5,7-9,15H,4,6H2,1-3H3,(H,16,18). The van der Waals surface area contributed by atoms with E-state index in [1.165, 1.54) is 6.07 Å². The first-order chi connectivity index (χ1) is 9.36. The molecule has 1 aromatic carbocycles. The van der Waals surface area contributed by atoms with Crippen LogP contribution in [0.2, 0.25) is 0 Å². The Morgan fingerprint density at radius 1 is 1.40 bits per heavy atom. The van der Waals surface area contributed by atoms with Gasteiger partial charge < -0.3 is 10.6 Å². The van der Waals surface area contributed by atoms with Gasteiger partial charge >= 0.3 is 0 Å². The molecule has 2 rings (SSSR count). The molecule has 0 saturated carbocycles. The fourth-order valence-electron chi connectivity index (χ4n) is 2.56. The van der Waals surface area contributed by atoms with Gasteiger partial charge in [-0.3, -0.25) is 14.9 Å². The zero-order chi connectivity index (χ0) is 14.9. The van der Waals surface area contributed by atoms with E-state index in [0.717, 1.165) is 6.42 Å². The molecule has 0 radical (unpaired) electrons. The van der Waals surface area contributed by atoms with Crippen molar-refractivity contribution in [2.24, 2.45) is 5.92 Å². The van der Waals surface area contributed by atoms with Gasteiger partial charge in [0.2, 0.25) is 5.91 Å². The van der Waals surface area contributed by atoms with Crippen molar-refractivity contribution in [1.82, 2.24) is 0 Å². The van der Waals surface area contributed by atoms with Crippen LogP contribution in [0.15, 0.2) is 12.1 Å². The van der Waals surface area contributed by atoms with Crippen molar-refractivity contribution in [2.45, 2.75) is 39.7 Å². The van der Waals surface area contributed by atoms with E-state index >= 15 is 0 Å². The number of benzene rings is 1. The van der Waals surface area contributed by atoms with Crippen molar-refractivity contribution in [2.75, 3.05) is 10.6 Å². The van der Waals surface area contributed by atoms with Gasteiger partial charge in [-0.15, -0.1) is 0 Å². The van der Waals surface area contributed by atoms with Crippen LogP contribution >= 0.6 is 0 Å². The van der Waals surface area contributed by atoms with E-state index in [2.05, 4.69) is 24.5 Å². The van der Waals surface area contributed by atoms with Crippen molar-refractivity contribution in [3.63, 3.8) is 0 Å². The van der Waals surface area contributed by atoms with Gasteiger partial charge in [0.25, 0.3) is 5.69 Å². The molecule has 20 heavy (non-hydrogen) atoms. The number of fused-ring (bicyclic) bond motifs is 1. The van der Waals surface area contributed by atoms with Crippen LogP contribution in [0.4, 0.5) is 17.1 Å². The van der Waals surface area contributed by atoms with E-state index in [1.807, 2.05) is 6.92 Å². The first-order valence-electron chi connectivity index (χ1n) is 6.74. The third-order valence-corrected chi connectivity index (χ3v) is 3.27. The quantitative estimate of drug-likeness (QED) is 0.640. The Kier molecular flexibility index (Phi) is 3.92. The van der Waals surface area contributed by atoms with Crippen LogP contribution in [0.1, 0.15) is 32.8 Å². The lowest BCUT2D eigenvalue weighted by Gasteiger charge is -2.17. The smallest absolute Gasteiger partial charge is 0.292 e. The molecule has 0 aromatic heterocycles. The Hall–Kier alpha value is -2.11. The molecule has 0 fully saturated rings. The lowest BCUT2D eigenvalue weighted by atomic mass is 10.0. The van der Waals surface area contributed by atoms with Crippen LogP contribution in [-0.2, 0) is 11.2 Å². The third-order valence-electron chi connectivity index (χ3n) is 3.27. The minimum Gasteiger partial charge on any atom is -0.377 e. The van der Waals surface area contributed by atoms with Gasteiger partial charge in [-0.05, 0) is 30.9 Å². The van der Waals surface area contributed by atoms with E-state index in [9.17, 15) is 14.9 Å². The first kappa shape index (κ1) is 14.3. The van der Waals surface area contributed by atoms with E-state index < -0.39 is 4.92 Å². The Morgan fingerprint density at radius 3 is 2.70 bits per heavy atom. The monoisotopic (exact) mass is 277 g/mol. The van der Waals surface area contributed by atoms with Gasteiger partial charge in [0, 0.05) is 17.8 Å². The van der Waals surface area contributed by atoms with Crippen molar-refractivity contribution in [3.8, 4) is 0 Å². The minimum absolute atomic E-state index is 0.0239. The highest BCUT2D eigenvalue weighted by molar-refractivity contribution is 6.00. The van der Waals surface area contributed by atoms with Crippen molar-refractivity contribution >= 4 is 23.0 Å². The molecule has 1 aliphatic heterocycles. The van der Waals surface area contributed by atoms with Gasteiger partial charge in [-0.2, -0.15) is 0 Å². The Labute approximate surface area is 117 Å². The molecule has 0 spiro atoms. The van der Waals surface area contributed by atoms with Crippen molar-refractivity contribution in [1.29, 1.82) is 0 Å². The number of hydrogen-bond acceptors (Lipinski definition) is 4. The molecule has 0 saturated heterocycles. The minimum atomic E-state index is -0.409. The number of rotatable bonds is 5. The van der Waals surface area contributed by atoms with Crippen LogP contribution < -0.4 is 10.6 Å². The van der Waals surface area contributed by atoms with Crippen LogP contribution in [0, 0.1) is 16.0 Å². The predicted octanol–water partition coefficient (Wildman–Crippen LogP) is 2.94. The van der Waals surface area contributed by atoms with Gasteiger partial charge in [-0.1, -0.05) is 13.8 Å². The highest BCUT2D eigenvalue weighted by Crippen LogP contribution is 2.35. The maximum atomic E-state index is 11.4. The summed E-state index contributed by atoms with van der Waals surface area (Å²) in [5, 5.41) is 17.1. The highest BCUT2D eigenvalue weighted by Gasteiger charge is 2.25. The summed E-state index contributed by atoms with van der Waals surface area (Å²) in [6.45, 7) is 6.21. The van der Waals surface area contributed by atoms with Crippen LogP contribution in [-0.4, -0.2) is 16.9 Å². The molecule has 1 amide bonds.